The molecular formula is C13H20N2O. The molecule has 0 aliphatic rings. The van der Waals surface area contributed by atoms with Crippen LogP contribution in [0.4, 0.5) is 5.69 Å². The second kappa shape index (κ2) is 5.66. The Morgan fingerprint density at radius 3 is 2.56 bits per heavy atom. The van der Waals surface area contributed by atoms with Crippen molar-refractivity contribution in [2.45, 2.75) is 39.2 Å². The van der Waals surface area contributed by atoms with E-state index in [4.69, 9.17) is 5.73 Å². The first-order valence-corrected chi connectivity index (χ1v) is 5.71. The van der Waals surface area contributed by atoms with E-state index >= 15 is 0 Å². The maximum atomic E-state index is 11.7. The van der Waals surface area contributed by atoms with Crippen LogP contribution in [0.25, 0.3) is 0 Å². The van der Waals surface area contributed by atoms with Gasteiger partial charge in [-0.3, -0.25) is 4.79 Å². The van der Waals surface area contributed by atoms with Crippen molar-refractivity contribution in [2.75, 3.05) is 5.32 Å². The highest BCUT2D eigenvalue weighted by Gasteiger charge is 2.13. The second-order valence-corrected chi connectivity index (χ2v) is 4.25. The van der Waals surface area contributed by atoms with Crippen molar-refractivity contribution in [3.63, 3.8) is 0 Å². The van der Waals surface area contributed by atoms with E-state index in [0.29, 0.717) is 12.3 Å². The summed E-state index contributed by atoms with van der Waals surface area (Å²) in [6, 6.07) is 7.40. The summed E-state index contributed by atoms with van der Waals surface area (Å²) in [5.74, 6) is 0.268. The first kappa shape index (κ1) is 12.7. The van der Waals surface area contributed by atoms with Crippen molar-refractivity contribution in [3.05, 3.63) is 29.8 Å². The van der Waals surface area contributed by atoms with Gasteiger partial charge in [-0.05, 0) is 24.0 Å². The second-order valence-electron chi connectivity index (χ2n) is 4.25. The number of amides is 1. The molecule has 0 radical (unpaired) electrons. The number of hydrogen-bond acceptors (Lipinski definition) is 2. The number of hydrogen-bond donors (Lipinski definition) is 2. The van der Waals surface area contributed by atoms with E-state index in [-0.39, 0.29) is 5.91 Å². The van der Waals surface area contributed by atoms with Gasteiger partial charge in [0.25, 0.3) is 0 Å². The predicted molar refractivity (Wildman–Crippen MR) is 67.4 cm³/mol. The number of para-hydroxylation sites is 1. The molecule has 16 heavy (non-hydrogen) atoms. The number of rotatable bonds is 4. The van der Waals surface area contributed by atoms with Gasteiger partial charge in [0.05, 0.1) is 6.04 Å². The predicted octanol–water partition coefficient (Wildman–Crippen LogP) is 2.49. The molecule has 1 amide bonds. The summed E-state index contributed by atoms with van der Waals surface area (Å²) in [7, 11) is 0. The Kier molecular flexibility index (Phi) is 4.50. The van der Waals surface area contributed by atoms with Crippen LogP contribution in [0.2, 0.25) is 0 Å². The summed E-state index contributed by atoms with van der Waals surface area (Å²) >= 11 is 0. The SMILES string of the molecule is CC[C@@H](N)C(=O)Nc1ccccc1C(C)C. The van der Waals surface area contributed by atoms with Crippen molar-refractivity contribution in [2.24, 2.45) is 5.73 Å². The molecule has 3 N–H and O–H groups in total. The smallest absolute Gasteiger partial charge is 0.241 e. The highest BCUT2D eigenvalue weighted by atomic mass is 16.2. The van der Waals surface area contributed by atoms with Crippen LogP contribution in [0.1, 0.15) is 38.7 Å². The summed E-state index contributed by atoms with van der Waals surface area (Å²) in [6.07, 6.45) is 0.648. The molecule has 0 bridgehead atoms. The molecule has 0 aromatic heterocycles. The molecule has 0 saturated heterocycles. The summed E-state index contributed by atoms with van der Waals surface area (Å²) in [4.78, 5) is 11.7. The van der Waals surface area contributed by atoms with Crippen molar-refractivity contribution in [1.82, 2.24) is 0 Å². The lowest BCUT2D eigenvalue weighted by Crippen LogP contribution is -2.35. The first-order chi connectivity index (χ1) is 7.56. The van der Waals surface area contributed by atoms with E-state index in [1.807, 2.05) is 31.2 Å². The van der Waals surface area contributed by atoms with Crippen LogP contribution in [-0.4, -0.2) is 11.9 Å². The molecule has 1 aromatic rings. The van der Waals surface area contributed by atoms with Crippen molar-refractivity contribution in [1.29, 1.82) is 0 Å². The molecule has 1 aromatic carbocycles. The molecule has 0 aliphatic heterocycles. The maximum Gasteiger partial charge on any atom is 0.241 e. The number of carbonyl (C=O) groups is 1. The van der Waals surface area contributed by atoms with Gasteiger partial charge in [0.2, 0.25) is 5.91 Å². The summed E-state index contributed by atoms with van der Waals surface area (Å²) in [5, 5.41) is 2.88. The van der Waals surface area contributed by atoms with Gasteiger partial charge in [-0.2, -0.15) is 0 Å². The molecule has 1 rings (SSSR count). The fourth-order valence-electron chi connectivity index (χ4n) is 1.53. The summed E-state index contributed by atoms with van der Waals surface area (Å²) in [5.41, 5.74) is 7.68. The van der Waals surface area contributed by atoms with Crippen molar-refractivity contribution in [3.8, 4) is 0 Å². The molecule has 0 fully saturated rings. The highest BCUT2D eigenvalue weighted by Crippen LogP contribution is 2.23. The lowest BCUT2D eigenvalue weighted by atomic mass is 10.0. The molecule has 0 spiro atoms. The third kappa shape index (κ3) is 3.07. The van der Waals surface area contributed by atoms with Gasteiger partial charge >= 0.3 is 0 Å². The zero-order chi connectivity index (χ0) is 12.1. The van der Waals surface area contributed by atoms with Crippen LogP contribution in [0.3, 0.4) is 0 Å². The Morgan fingerprint density at radius 1 is 1.38 bits per heavy atom. The van der Waals surface area contributed by atoms with Gasteiger partial charge in [-0.15, -0.1) is 0 Å². The Balaban J connectivity index is 2.84. The molecule has 0 aliphatic carbocycles. The van der Waals surface area contributed by atoms with Gasteiger partial charge in [0.15, 0.2) is 0 Å². The third-order valence-corrected chi connectivity index (χ3v) is 2.62. The zero-order valence-electron chi connectivity index (χ0n) is 10.2. The highest BCUT2D eigenvalue weighted by molar-refractivity contribution is 5.95. The molecule has 0 unspecified atom stereocenters. The molecule has 3 heteroatoms. The normalized spacial score (nSPS) is 12.6. The number of anilines is 1. The average molecular weight is 220 g/mol. The maximum absolute atomic E-state index is 11.7. The zero-order valence-corrected chi connectivity index (χ0v) is 10.2. The largest absolute Gasteiger partial charge is 0.324 e. The summed E-state index contributed by atoms with van der Waals surface area (Å²) in [6.45, 7) is 6.11. The van der Waals surface area contributed by atoms with Crippen molar-refractivity contribution < 1.29 is 4.79 Å². The standard InChI is InChI=1S/C13H20N2O/c1-4-11(14)13(16)15-12-8-6-5-7-10(12)9(2)3/h5-9,11H,4,14H2,1-3H3,(H,15,16)/t11-/m1/s1. The average Bonchev–Trinajstić information content (AvgIpc) is 2.28. The lowest BCUT2D eigenvalue weighted by molar-refractivity contribution is -0.117. The molecular weight excluding hydrogens is 200 g/mol. The van der Waals surface area contributed by atoms with Crippen LogP contribution in [0, 0.1) is 0 Å². The van der Waals surface area contributed by atoms with E-state index in [2.05, 4.69) is 19.2 Å². The fourth-order valence-corrected chi connectivity index (χ4v) is 1.53. The minimum Gasteiger partial charge on any atom is -0.324 e. The Hall–Kier alpha value is -1.35. The van der Waals surface area contributed by atoms with Crippen LogP contribution in [0.5, 0.6) is 0 Å². The van der Waals surface area contributed by atoms with Gasteiger partial charge in [-0.25, -0.2) is 0 Å². The van der Waals surface area contributed by atoms with Crippen LogP contribution in [-0.2, 0) is 4.79 Å². The lowest BCUT2D eigenvalue weighted by Gasteiger charge is -2.15. The Labute approximate surface area is 97.0 Å². The minimum atomic E-state index is -0.430. The van der Waals surface area contributed by atoms with Crippen LogP contribution in [0.15, 0.2) is 24.3 Å². The van der Waals surface area contributed by atoms with Crippen molar-refractivity contribution >= 4 is 11.6 Å². The molecule has 3 nitrogen and oxygen atoms in total. The van der Waals surface area contributed by atoms with E-state index in [0.717, 1.165) is 11.3 Å². The molecule has 1 atom stereocenters. The molecule has 0 saturated carbocycles. The van der Waals surface area contributed by atoms with E-state index < -0.39 is 6.04 Å². The van der Waals surface area contributed by atoms with E-state index in [1.165, 1.54) is 0 Å². The topological polar surface area (TPSA) is 55.1 Å². The van der Waals surface area contributed by atoms with E-state index in [9.17, 15) is 4.79 Å². The number of nitrogens with one attached hydrogen (secondary N) is 1. The first-order valence-electron chi connectivity index (χ1n) is 5.71. The quantitative estimate of drug-likeness (QED) is 0.819. The molecule has 0 heterocycles. The van der Waals surface area contributed by atoms with Gasteiger partial charge in [0, 0.05) is 5.69 Å². The summed E-state index contributed by atoms with van der Waals surface area (Å²) < 4.78 is 0. The Bertz CT molecular complexity index is 361. The third-order valence-electron chi connectivity index (χ3n) is 2.62. The van der Waals surface area contributed by atoms with Crippen LogP contribution >= 0.6 is 0 Å². The number of carbonyl (C=O) groups excluding carboxylic acids is 1. The van der Waals surface area contributed by atoms with Gasteiger partial charge in [0.1, 0.15) is 0 Å². The minimum absolute atomic E-state index is 0.115. The van der Waals surface area contributed by atoms with Crippen LogP contribution < -0.4 is 11.1 Å². The van der Waals surface area contributed by atoms with Gasteiger partial charge < -0.3 is 11.1 Å². The Morgan fingerprint density at radius 2 is 2.00 bits per heavy atom. The number of benzene rings is 1. The van der Waals surface area contributed by atoms with E-state index in [1.54, 1.807) is 0 Å². The fraction of sp³-hybridized carbons (Fsp3) is 0.462. The molecule has 88 valence electrons. The monoisotopic (exact) mass is 220 g/mol. The van der Waals surface area contributed by atoms with Gasteiger partial charge in [-0.1, -0.05) is 39.0 Å². The number of nitrogens with two attached hydrogens (primary N) is 1.